The van der Waals surface area contributed by atoms with Crippen LogP contribution in [0.4, 0.5) is 18.0 Å². The number of carbonyl (C=O) groups is 1. The average molecular weight is 368 g/mol. The highest BCUT2D eigenvalue weighted by molar-refractivity contribution is 7.09. The molecule has 2 rings (SSSR count). The molecule has 0 aliphatic heterocycles. The Morgan fingerprint density at radius 2 is 2.00 bits per heavy atom. The normalized spacial score (nSPS) is 10.5. The van der Waals surface area contributed by atoms with Crippen molar-refractivity contribution >= 4 is 17.4 Å². The molecule has 0 fully saturated rings. The van der Waals surface area contributed by atoms with Crippen molar-refractivity contribution in [3.05, 3.63) is 52.2 Å². The molecule has 132 valence electrons. The minimum Gasteiger partial charge on any atom is -0.481 e. The van der Waals surface area contributed by atoms with Crippen LogP contribution >= 0.6 is 11.3 Å². The van der Waals surface area contributed by atoms with Crippen LogP contribution in [0.15, 0.2) is 41.8 Å². The fraction of sp³-hybridized carbons (Fsp3) is 0.235. The highest BCUT2D eigenvalue weighted by Crippen LogP contribution is 2.31. The van der Waals surface area contributed by atoms with Gasteiger partial charge in [0.1, 0.15) is 12.4 Å². The molecule has 2 aromatic rings. The first-order valence-corrected chi connectivity index (χ1v) is 8.13. The zero-order chi connectivity index (χ0) is 18.1. The van der Waals surface area contributed by atoms with Crippen LogP contribution in [-0.2, 0) is 12.7 Å². The van der Waals surface area contributed by atoms with E-state index in [1.165, 1.54) is 12.1 Å². The highest BCUT2D eigenvalue weighted by atomic mass is 32.1. The summed E-state index contributed by atoms with van der Waals surface area (Å²) in [4.78, 5) is 12.5. The third-order valence-corrected chi connectivity index (χ3v) is 3.81. The number of ether oxygens (including phenoxy) is 1. The predicted octanol–water partition coefficient (Wildman–Crippen LogP) is 3.65. The molecule has 0 bridgehead atoms. The van der Waals surface area contributed by atoms with Crippen LogP contribution in [0.1, 0.15) is 10.4 Å². The molecule has 0 saturated heterocycles. The van der Waals surface area contributed by atoms with Crippen molar-refractivity contribution in [2.24, 2.45) is 0 Å². The van der Waals surface area contributed by atoms with E-state index >= 15 is 0 Å². The smallest absolute Gasteiger partial charge is 0.416 e. The monoisotopic (exact) mass is 368 g/mol. The number of carbonyl (C=O) groups excluding carboxylic acids is 1. The fourth-order valence-corrected chi connectivity index (χ4v) is 2.41. The van der Waals surface area contributed by atoms with Crippen LogP contribution in [0, 0.1) is 11.8 Å². The van der Waals surface area contributed by atoms with Gasteiger partial charge in [-0.15, -0.1) is 11.3 Å². The minimum absolute atomic E-state index is 0.0696. The quantitative estimate of drug-likeness (QED) is 0.792. The van der Waals surface area contributed by atoms with Gasteiger partial charge in [0.15, 0.2) is 0 Å². The molecular formula is C17H15F3N2O2S. The Labute approximate surface area is 147 Å². The molecule has 25 heavy (non-hydrogen) atoms. The average Bonchev–Trinajstić information content (AvgIpc) is 3.09. The Kier molecular flexibility index (Phi) is 6.71. The van der Waals surface area contributed by atoms with Crippen LogP contribution in [-0.4, -0.2) is 19.2 Å². The second kappa shape index (κ2) is 8.99. The molecule has 4 nitrogen and oxygen atoms in total. The predicted molar refractivity (Wildman–Crippen MR) is 89.3 cm³/mol. The summed E-state index contributed by atoms with van der Waals surface area (Å²) in [5, 5.41) is 7.15. The van der Waals surface area contributed by atoms with E-state index in [9.17, 15) is 18.0 Å². The fourth-order valence-electron chi connectivity index (χ4n) is 1.76. The largest absolute Gasteiger partial charge is 0.481 e. The van der Waals surface area contributed by atoms with Gasteiger partial charge in [-0.05, 0) is 29.6 Å². The molecule has 1 aromatic carbocycles. The number of thiophene rings is 1. The van der Waals surface area contributed by atoms with Crippen molar-refractivity contribution in [1.82, 2.24) is 10.6 Å². The Morgan fingerprint density at radius 3 is 2.72 bits per heavy atom. The summed E-state index contributed by atoms with van der Waals surface area (Å²) < 4.78 is 42.8. The highest BCUT2D eigenvalue weighted by Gasteiger charge is 2.30. The van der Waals surface area contributed by atoms with Gasteiger partial charge in [-0.3, -0.25) is 0 Å². The zero-order valence-corrected chi connectivity index (χ0v) is 13.8. The molecule has 0 aliphatic carbocycles. The number of rotatable bonds is 5. The summed E-state index contributed by atoms with van der Waals surface area (Å²) in [5.41, 5.74) is -0.776. The van der Waals surface area contributed by atoms with Gasteiger partial charge >= 0.3 is 12.2 Å². The number of alkyl halides is 3. The van der Waals surface area contributed by atoms with Crippen molar-refractivity contribution in [3.8, 4) is 17.6 Å². The van der Waals surface area contributed by atoms with E-state index in [4.69, 9.17) is 4.74 Å². The summed E-state index contributed by atoms with van der Waals surface area (Å²) in [5.74, 6) is 5.37. The molecule has 1 aromatic heterocycles. The lowest BCUT2D eigenvalue weighted by molar-refractivity contribution is -0.137. The summed E-state index contributed by atoms with van der Waals surface area (Å²) in [7, 11) is 0. The first-order chi connectivity index (χ1) is 11.9. The molecular weight excluding hydrogens is 353 g/mol. The van der Waals surface area contributed by atoms with Crippen LogP contribution in [0.25, 0.3) is 0 Å². The molecule has 0 aliphatic rings. The number of benzene rings is 1. The van der Waals surface area contributed by atoms with E-state index < -0.39 is 11.7 Å². The second-order valence-corrected chi connectivity index (χ2v) is 5.82. The molecule has 8 heteroatoms. The number of urea groups is 1. The maximum Gasteiger partial charge on any atom is 0.416 e. The molecule has 0 saturated carbocycles. The standard InChI is InChI=1S/C17H15F3N2O2S/c18-17(19,20)13-5-3-6-14(11-13)24-9-2-1-8-21-16(23)22-12-15-7-4-10-25-15/h3-7,10-11H,8-9,12H2,(H2,21,22,23). The van der Waals surface area contributed by atoms with Crippen molar-refractivity contribution in [1.29, 1.82) is 0 Å². The van der Waals surface area contributed by atoms with Crippen LogP contribution < -0.4 is 15.4 Å². The van der Waals surface area contributed by atoms with E-state index in [1.54, 1.807) is 11.3 Å². The molecule has 0 spiro atoms. The summed E-state index contributed by atoms with van der Waals surface area (Å²) >= 11 is 1.54. The zero-order valence-electron chi connectivity index (χ0n) is 13.0. The lowest BCUT2D eigenvalue weighted by Crippen LogP contribution is -2.35. The van der Waals surface area contributed by atoms with Crippen LogP contribution in [0.2, 0.25) is 0 Å². The summed E-state index contributed by atoms with van der Waals surface area (Å²) in [6, 6.07) is 8.04. The minimum atomic E-state index is -4.41. The molecule has 0 atom stereocenters. The van der Waals surface area contributed by atoms with Crippen molar-refractivity contribution < 1.29 is 22.7 Å². The van der Waals surface area contributed by atoms with E-state index in [0.717, 1.165) is 17.0 Å². The maximum absolute atomic E-state index is 12.6. The molecule has 0 radical (unpaired) electrons. The molecule has 2 amide bonds. The van der Waals surface area contributed by atoms with Gasteiger partial charge in [-0.25, -0.2) is 4.79 Å². The molecule has 2 N–H and O–H groups in total. The summed E-state index contributed by atoms with van der Waals surface area (Å²) in [6.07, 6.45) is -4.41. The van der Waals surface area contributed by atoms with Gasteiger partial charge < -0.3 is 15.4 Å². The van der Waals surface area contributed by atoms with Gasteiger partial charge in [0.25, 0.3) is 0 Å². The number of hydrogen-bond acceptors (Lipinski definition) is 3. The number of amides is 2. The van der Waals surface area contributed by atoms with Crippen LogP contribution in [0.3, 0.4) is 0 Å². The number of halogens is 3. The Bertz CT molecular complexity index is 749. The van der Waals surface area contributed by atoms with E-state index in [0.29, 0.717) is 6.54 Å². The SMILES string of the molecule is O=C(NCC#CCOc1cccc(C(F)(F)F)c1)NCc1cccs1. The maximum atomic E-state index is 12.6. The van der Waals surface area contributed by atoms with E-state index in [-0.39, 0.29) is 24.9 Å². The Morgan fingerprint density at radius 1 is 1.16 bits per heavy atom. The summed E-state index contributed by atoms with van der Waals surface area (Å²) in [6.45, 7) is 0.484. The lowest BCUT2D eigenvalue weighted by atomic mass is 10.2. The number of nitrogens with one attached hydrogen (secondary N) is 2. The third-order valence-electron chi connectivity index (χ3n) is 2.94. The Hall–Kier alpha value is -2.66. The van der Waals surface area contributed by atoms with Gasteiger partial charge in [0.2, 0.25) is 0 Å². The van der Waals surface area contributed by atoms with Crippen molar-refractivity contribution in [3.63, 3.8) is 0 Å². The first-order valence-electron chi connectivity index (χ1n) is 7.25. The van der Waals surface area contributed by atoms with Gasteiger partial charge in [0, 0.05) is 4.88 Å². The lowest BCUT2D eigenvalue weighted by Gasteiger charge is -2.08. The number of hydrogen-bond donors (Lipinski definition) is 2. The molecule has 0 unspecified atom stereocenters. The van der Waals surface area contributed by atoms with Gasteiger partial charge in [-0.1, -0.05) is 24.0 Å². The van der Waals surface area contributed by atoms with Crippen molar-refractivity contribution in [2.75, 3.05) is 13.2 Å². The topological polar surface area (TPSA) is 50.4 Å². The molecule has 1 heterocycles. The second-order valence-electron chi connectivity index (χ2n) is 4.78. The van der Waals surface area contributed by atoms with E-state index in [2.05, 4.69) is 22.5 Å². The van der Waals surface area contributed by atoms with E-state index in [1.807, 2.05) is 17.5 Å². The van der Waals surface area contributed by atoms with Crippen molar-refractivity contribution in [2.45, 2.75) is 12.7 Å². The third kappa shape index (κ3) is 6.77. The Balaban J connectivity index is 1.66. The first kappa shape index (κ1) is 18.7. The van der Waals surface area contributed by atoms with Gasteiger partial charge in [0.05, 0.1) is 18.7 Å². The van der Waals surface area contributed by atoms with Gasteiger partial charge in [-0.2, -0.15) is 13.2 Å². The van der Waals surface area contributed by atoms with Crippen LogP contribution in [0.5, 0.6) is 5.75 Å².